The first-order chi connectivity index (χ1) is 9.81. The molecule has 0 bridgehead atoms. The molecule has 0 aromatic heterocycles. The number of hydrogen-bond acceptors (Lipinski definition) is 1. The van der Waals surface area contributed by atoms with Crippen molar-refractivity contribution >= 4 is 0 Å². The lowest BCUT2D eigenvalue weighted by Crippen LogP contribution is -2.19. The van der Waals surface area contributed by atoms with E-state index in [9.17, 15) is 5.11 Å². The highest BCUT2D eigenvalue weighted by Crippen LogP contribution is 2.37. The van der Waals surface area contributed by atoms with Crippen LogP contribution in [0, 0.1) is 23.7 Å². The summed E-state index contributed by atoms with van der Waals surface area (Å²) in [5.41, 5.74) is 0. The molecule has 1 N–H and O–H groups in total. The van der Waals surface area contributed by atoms with E-state index in [4.69, 9.17) is 0 Å². The van der Waals surface area contributed by atoms with Gasteiger partial charge in [0.1, 0.15) is 0 Å². The van der Waals surface area contributed by atoms with E-state index in [2.05, 4.69) is 6.92 Å². The quantitative estimate of drug-likeness (QED) is 0.647. The van der Waals surface area contributed by atoms with Gasteiger partial charge >= 0.3 is 0 Å². The molecular weight excluding hydrogens is 244 g/mol. The van der Waals surface area contributed by atoms with Crippen LogP contribution in [0.4, 0.5) is 0 Å². The van der Waals surface area contributed by atoms with Crippen molar-refractivity contribution in [1.82, 2.24) is 0 Å². The van der Waals surface area contributed by atoms with Crippen molar-refractivity contribution in [3.8, 4) is 0 Å². The molecule has 2 saturated carbocycles. The van der Waals surface area contributed by atoms with Crippen LogP contribution >= 0.6 is 0 Å². The molecule has 0 spiro atoms. The monoisotopic (exact) mass is 280 g/mol. The van der Waals surface area contributed by atoms with Crippen molar-refractivity contribution in [2.45, 2.75) is 90.4 Å². The van der Waals surface area contributed by atoms with Crippen LogP contribution in [0.1, 0.15) is 90.4 Å². The first-order valence-electron chi connectivity index (χ1n) is 9.42. The molecule has 0 heterocycles. The van der Waals surface area contributed by atoms with Crippen LogP contribution in [0.2, 0.25) is 0 Å². The Hall–Kier alpha value is -0.0400. The second-order valence-electron chi connectivity index (χ2n) is 7.68. The second kappa shape index (κ2) is 9.07. The topological polar surface area (TPSA) is 20.2 Å². The van der Waals surface area contributed by atoms with Gasteiger partial charge in [0.25, 0.3) is 0 Å². The summed E-state index contributed by atoms with van der Waals surface area (Å²) < 4.78 is 0. The Labute approximate surface area is 126 Å². The Balaban J connectivity index is 1.55. The van der Waals surface area contributed by atoms with E-state index in [-0.39, 0.29) is 0 Å². The molecule has 2 fully saturated rings. The van der Waals surface area contributed by atoms with Crippen LogP contribution in [0.25, 0.3) is 0 Å². The molecule has 2 aliphatic rings. The van der Waals surface area contributed by atoms with Gasteiger partial charge in [-0.1, -0.05) is 77.6 Å². The fourth-order valence-corrected chi connectivity index (χ4v) is 4.48. The average molecular weight is 280 g/mol. The highest BCUT2D eigenvalue weighted by molar-refractivity contribution is 4.76. The predicted molar refractivity (Wildman–Crippen MR) is 86.7 cm³/mol. The van der Waals surface area contributed by atoms with E-state index < -0.39 is 0 Å². The summed E-state index contributed by atoms with van der Waals surface area (Å²) in [5, 5.41) is 9.20. The molecule has 0 aromatic carbocycles. The zero-order chi connectivity index (χ0) is 14.2. The van der Waals surface area contributed by atoms with Crippen LogP contribution in [-0.4, -0.2) is 11.7 Å². The Morgan fingerprint density at radius 1 is 0.650 bits per heavy atom. The minimum Gasteiger partial charge on any atom is -0.396 e. The molecule has 1 nitrogen and oxygen atoms in total. The highest BCUT2D eigenvalue weighted by atomic mass is 16.3. The molecule has 0 aromatic rings. The molecule has 20 heavy (non-hydrogen) atoms. The lowest BCUT2D eigenvalue weighted by atomic mass is 9.75. The molecule has 2 aliphatic carbocycles. The number of rotatable bonds is 7. The Bertz CT molecular complexity index is 234. The summed E-state index contributed by atoms with van der Waals surface area (Å²) in [7, 11) is 0. The minimum atomic E-state index is 0.425. The Morgan fingerprint density at radius 2 is 1.05 bits per heavy atom. The van der Waals surface area contributed by atoms with E-state index >= 15 is 0 Å². The number of aliphatic hydroxyl groups excluding tert-OH is 1. The fourth-order valence-electron chi connectivity index (χ4n) is 4.48. The van der Waals surface area contributed by atoms with Crippen molar-refractivity contribution in [2.24, 2.45) is 23.7 Å². The van der Waals surface area contributed by atoms with E-state index in [1.54, 1.807) is 0 Å². The summed E-state index contributed by atoms with van der Waals surface area (Å²) in [6.45, 7) is 2.74. The van der Waals surface area contributed by atoms with Crippen molar-refractivity contribution in [2.75, 3.05) is 6.61 Å². The molecule has 1 heteroatoms. The van der Waals surface area contributed by atoms with Gasteiger partial charge in [0.05, 0.1) is 0 Å². The minimum absolute atomic E-state index is 0.425. The van der Waals surface area contributed by atoms with Crippen LogP contribution in [0.5, 0.6) is 0 Å². The zero-order valence-corrected chi connectivity index (χ0v) is 13.7. The lowest BCUT2D eigenvalue weighted by Gasteiger charge is -2.31. The molecule has 0 atom stereocenters. The SMILES string of the molecule is CCCCC1CCC(CCC2CCC(CO)CC2)CC1. The third kappa shape index (κ3) is 5.39. The molecule has 0 amide bonds. The molecular formula is C19H36O. The van der Waals surface area contributed by atoms with Crippen molar-refractivity contribution in [3.05, 3.63) is 0 Å². The molecule has 0 aliphatic heterocycles. The van der Waals surface area contributed by atoms with E-state index in [0.29, 0.717) is 12.5 Å². The lowest BCUT2D eigenvalue weighted by molar-refractivity contribution is 0.157. The van der Waals surface area contributed by atoms with Gasteiger partial charge < -0.3 is 5.11 Å². The zero-order valence-electron chi connectivity index (χ0n) is 13.7. The first kappa shape index (κ1) is 16.3. The van der Waals surface area contributed by atoms with Gasteiger partial charge in [0.15, 0.2) is 0 Å². The average Bonchev–Trinajstić information content (AvgIpc) is 2.52. The van der Waals surface area contributed by atoms with Crippen molar-refractivity contribution in [3.63, 3.8) is 0 Å². The van der Waals surface area contributed by atoms with Gasteiger partial charge in [-0.3, -0.25) is 0 Å². The van der Waals surface area contributed by atoms with E-state index in [1.807, 2.05) is 0 Å². The third-order valence-electron chi connectivity index (χ3n) is 6.14. The fraction of sp³-hybridized carbons (Fsp3) is 1.00. The molecule has 2 rings (SSSR count). The number of unbranched alkanes of at least 4 members (excludes halogenated alkanes) is 1. The summed E-state index contributed by atoms with van der Waals surface area (Å²) in [5.74, 6) is 3.71. The van der Waals surface area contributed by atoms with Gasteiger partial charge in [-0.15, -0.1) is 0 Å². The van der Waals surface area contributed by atoms with Crippen molar-refractivity contribution < 1.29 is 5.11 Å². The van der Waals surface area contributed by atoms with Gasteiger partial charge in [-0.2, -0.15) is 0 Å². The Morgan fingerprint density at radius 3 is 1.45 bits per heavy atom. The third-order valence-corrected chi connectivity index (χ3v) is 6.14. The van der Waals surface area contributed by atoms with Gasteiger partial charge in [-0.05, 0) is 36.5 Å². The maximum absolute atomic E-state index is 9.20. The van der Waals surface area contributed by atoms with Gasteiger partial charge in [0, 0.05) is 6.61 Å². The summed E-state index contributed by atoms with van der Waals surface area (Å²) in [4.78, 5) is 0. The maximum atomic E-state index is 9.20. The molecule has 118 valence electrons. The maximum Gasteiger partial charge on any atom is 0.0459 e. The first-order valence-corrected chi connectivity index (χ1v) is 9.42. The number of aliphatic hydroxyl groups is 1. The van der Waals surface area contributed by atoms with Crippen LogP contribution in [0.15, 0.2) is 0 Å². The Kier molecular flexibility index (Phi) is 7.41. The van der Waals surface area contributed by atoms with E-state index in [1.165, 1.54) is 83.5 Å². The van der Waals surface area contributed by atoms with Crippen LogP contribution in [0.3, 0.4) is 0 Å². The van der Waals surface area contributed by atoms with Gasteiger partial charge in [0.2, 0.25) is 0 Å². The largest absolute Gasteiger partial charge is 0.396 e. The standard InChI is InChI=1S/C19H36O/c1-2-3-4-16-5-7-17(8-6-16)9-10-18-11-13-19(15-20)14-12-18/h16-20H,2-15H2,1H3. The van der Waals surface area contributed by atoms with Gasteiger partial charge in [-0.25, -0.2) is 0 Å². The molecule has 0 radical (unpaired) electrons. The summed E-state index contributed by atoms with van der Waals surface area (Å²) >= 11 is 0. The summed E-state index contributed by atoms with van der Waals surface area (Å²) in [6.07, 6.45) is 18.7. The molecule has 0 unspecified atom stereocenters. The smallest absolute Gasteiger partial charge is 0.0459 e. The second-order valence-corrected chi connectivity index (χ2v) is 7.68. The highest BCUT2D eigenvalue weighted by Gasteiger charge is 2.24. The number of hydrogen-bond donors (Lipinski definition) is 1. The molecule has 0 saturated heterocycles. The normalized spacial score (nSPS) is 35.1. The van der Waals surface area contributed by atoms with Crippen molar-refractivity contribution in [1.29, 1.82) is 0 Å². The van der Waals surface area contributed by atoms with Crippen LogP contribution in [-0.2, 0) is 0 Å². The van der Waals surface area contributed by atoms with Crippen LogP contribution < -0.4 is 0 Å². The van der Waals surface area contributed by atoms with E-state index in [0.717, 1.165) is 17.8 Å². The predicted octanol–water partition coefficient (Wildman–Crippen LogP) is 5.56. The summed E-state index contributed by atoms with van der Waals surface area (Å²) in [6, 6.07) is 0.